The van der Waals surface area contributed by atoms with Crippen LogP contribution in [0.2, 0.25) is 5.15 Å². The van der Waals surface area contributed by atoms with E-state index in [-0.39, 0.29) is 0 Å². The average molecular weight is 301 g/mol. The van der Waals surface area contributed by atoms with Crippen molar-refractivity contribution in [2.24, 2.45) is 0 Å². The first-order valence-corrected chi connectivity index (χ1v) is 7.24. The summed E-state index contributed by atoms with van der Waals surface area (Å²) in [7, 11) is 0. The number of nitrogens with zero attached hydrogens (tertiary/aromatic N) is 4. The molecule has 3 rings (SSSR count). The summed E-state index contributed by atoms with van der Waals surface area (Å²) in [5.41, 5.74) is 6.25. The summed E-state index contributed by atoms with van der Waals surface area (Å²) in [5, 5.41) is 5.93. The third-order valence-electron chi connectivity index (χ3n) is 3.62. The van der Waals surface area contributed by atoms with E-state index in [1.54, 1.807) is 0 Å². The van der Waals surface area contributed by atoms with Crippen LogP contribution < -0.4 is 0 Å². The van der Waals surface area contributed by atoms with Gasteiger partial charge in [0.25, 0.3) is 0 Å². The molecule has 3 aromatic rings. The zero-order valence-corrected chi connectivity index (χ0v) is 13.6. The average Bonchev–Trinajstić information content (AvgIpc) is 2.65. The number of hydrogen-bond donors (Lipinski definition) is 0. The van der Waals surface area contributed by atoms with Gasteiger partial charge in [-0.1, -0.05) is 29.3 Å². The van der Waals surface area contributed by atoms with Gasteiger partial charge in [0.1, 0.15) is 11.0 Å². The lowest BCUT2D eigenvalue weighted by Gasteiger charge is -2.12. The molecule has 4 nitrogen and oxygen atoms in total. The van der Waals surface area contributed by atoms with Gasteiger partial charge >= 0.3 is 0 Å². The lowest BCUT2D eigenvalue weighted by atomic mass is 10.1. The fourth-order valence-corrected chi connectivity index (χ4v) is 3.24. The fraction of sp³-hybridized carbons (Fsp3) is 0.312. The van der Waals surface area contributed by atoms with E-state index in [2.05, 4.69) is 48.0 Å². The molecule has 0 aliphatic heterocycles. The molecule has 0 bridgehead atoms. The molecule has 0 atom stereocenters. The highest BCUT2D eigenvalue weighted by Gasteiger charge is 2.17. The molecule has 0 saturated carbocycles. The molecule has 0 aliphatic rings. The Morgan fingerprint density at radius 1 is 0.952 bits per heavy atom. The van der Waals surface area contributed by atoms with Crippen molar-refractivity contribution in [3.05, 3.63) is 45.5 Å². The number of aromatic nitrogens is 4. The van der Waals surface area contributed by atoms with Crippen LogP contribution in [0.25, 0.3) is 16.7 Å². The minimum absolute atomic E-state index is 0.462. The first kappa shape index (κ1) is 14.0. The molecule has 0 saturated heterocycles. The van der Waals surface area contributed by atoms with E-state index in [1.165, 1.54) is 16.7 Å². The van der Waals surface area contributed by atoms with Crippen LogP contribution in [-0.2, 0) is 0 Å². The number of rotatable bonds is 1. The van der Waals surface area contributed by atoms with Crippen molar-refractivity contribution >= 4 is 22.6 Å². The second-order valence-corrected chi connectivity index (χ2v) is 5.86. The van der Waals surface area contributed by atoms with Crippen molar-refractivity contribution in [2.45, 2.75) is 34.6 Å². The van der Waals surface area contributed by atoms with E-state index in [1.807, 2.05) is 18.5 Å². The van der Waals surface area contributed by atoms with Gasteiger partial charge in [0.05, 0.1) is 16.8 Å². The molecule has 0 spiro atoms. The monoisotopic (exact) mass is 300 g/mol. The Kier molecular flexibility index (Phi) is 3.21. The van der Waals surface area contributed by atoms with Crippen LogP contribution in [0.3, 0.4) is 0 Å². The quantitative estimate of drug-likeness (QED) is 0.638. The first-order valence-electron chi connectivity index (χ1n) is 6.86. The number of aryl methyl sites for hydroxylation is 5. The van der Waals surface area contributed by atoms with Gasteiger partial charge in [0, 0.05) is 0 Å². The highest BCUT2D eigenvalue weighted by molar-refractivity contribution is 6.34. The maximum absolute atomic E-state index is 6.27. The predicted octanol–water partition coefficient (Wildman–Crippen LogP) is 4.01. The van der Waals surface area contributed by atoms with Gasteiger partial charge in [-0.2, -0.15) is 5.10 Å². The molecule has 2 aromatic heterocycles. The van der Waals surface area contributed by atoms with E-state index in [4.69, 9.17) is 11.6 Å². The summed E-state index contributed by atoms with van der Waals surface area (Å²) in [6.07, 6.45) is 0. The smallest absolute Gasteiger partial charge is 0.168 e. The molecule has 5 heteroatoms. The van der Waals surface area contributed by atoms with Crippen molar-refractivity contribution in [3.8, 4) is 5.69 Å². The first-order chi connectivity index (χ1) is 9.88. The van der Waals surface area contributed by atoms with Crippen molar-refractivity contribution in [3.63, 3.8) is 0 Å². The van der Waals surface area contributed by atoms with Crippen LogP contribution in [0.1, 0.15) is 28.2 Å². The fourth-order valence-electron chi connectivity index (χ4n) is 2.90. The molecular weight excluding hydrogens is 284 g/mol. The normalized spacial score (nSPS) is 11.3. The second-order valence-electron chi connectivity index (χ2n) is 5.50. The topological polar surface area (TPSA) is 43.6 Å². The summed E-state index contributed by atoms with van der Waals surface area (Å²) in [5.74, 6) is 0.649. The molecule has 0 N–H and O–H groups in total. The molecule has 0 unspecified atom stereocenters. The molecule has 2 heterocycles. The summed E-state index contributed by atoms with van der Waals surface area (Å²) in [4.78, 5) is 8.77. The zero-order valence-electron chi connectivity index (χ0n) is 12.8. The zero-order chi connectivity index (χ0) is 15.3. The van der Waals surface area contributed by atoms with E-state index < -0.39 is 0 Å². The molecule has 0 amide bonds. The van der Waals surface area contributed by atoms with Crippen LogP contribution >= 0.6 is 11.6 Å². The highest BCUT2D eigenvalue weighted by Crippen LogP contribution is 2.29. The lowest BCUT2D eigenvalue weighted by Crippen LogP contribution is -2.04. The van der Waals surface area contributed by atoms with Crippen LogP contribution in [0, 0.1) is 34.6 Å². The largest absolute Gasteiger partial charge is 0.221 e. The van der Waals surface area contributed by atoms with Crippen molar-refractivity contribution in [1.82, 2.24) is 19.7 Å². The Bertz CT molecular complexity index is 841. The van der Waals surface area contributed by atoms with Gasteiger partial charge in [-0.15, -0.1) is 0 Å². The summed E-state index contributed by atoms with van der Waals surface area (Å²) in [6, 6.07) is 4.31. The Balaban J connectivity index is 2.42. The van der Waals surface area contributed by atoms with Gasteiger partial charge in [0.15, 0.2) is 5.65 Å². The van der Waals surface area contributed by atoms with E-state index >= 15 is 0 Å². The molecule has 0 fully saturated rings. The standard InChI is InChI=1S/C16H17ClN4/c1-8-6-9(2)14(10(3)7-8)21-16-13(11(4)20-21)15(17)18-12(5)19-16/h6-7H,1-5H3. The highest BCUT2D eigenvalue weighted by atomic mass is 35.5. The van der Waals surface area contributed by atoms with E-state index in [0.29, 0.717) is 11.0 Å². The van der Waals surface area contributed by atoms with Crippen molar-refractivity contribution in [2.75, 3.05) is 0 Å². The number of hydrogen-bond acceptors (Lipinski definition) is 3. The Labute approximate surface area is 128 Å². The van der Waals surface area contributed by atoms with Crippen LogP contribution in [0.15, 0.2) is 12.1 Å². The van der Waals surface area contributed by atoms with E-state index in [9.17, 15) is 0 Å². The molecule has 0 radical (unpaired) electrons. The molecular formula is C16H17ClN4. The van der Waals surface area contributed by atoms with Gasteiger partial charge in [-0.05, 0) is 45.7 Å². The predicted molar refractivity (Wildman–Crippen MR) is 85.4 cm³/mol. The summed E-state index contributed by atoms with van der Waals surface area (Å²) in [6.45, 7) is 10.1. The van der Waals surface area contributed by atoms with Gasteiger partial charge < -0.3 is 0 Å². The number of benzene rings is 1. The SMILES string of the molecule is Cc1cc(C)c(-n2nc(C)c3c(Cl)nc(C)nc32)c(C)c1. The maximum atomic E-state index is 6.27. The molecule has 0 aliphatic carbocycles. The molecule has 108 valence electrons. The van der Waals surface area contributed by atoms with E-state index in [0.717, 1.165) is 22.4 Å². The lowest BCUT2D eigenvalue weighted by molar-refractivity contribution is 0.858. The minimum Gasteiger partial charge on any atom is -0.221 e. The molecule has 1 aromatic carbocycles. The minimum atomic E-state index is 0.462. The Hall–Kier alpha value is -1.94. The van der Waals surface area contributed by atoms with Crippen LogP contribution in [-0.4, -0.2) is 19.7 Å². The number of halogens is 1. The number of fused-ring (bicyclic) bond motifs is 1. The van der Waals surface area contributed by atoms with Crippen molar-refractivity contribution < 1.29 is 0 Å². The van der Waals surface area contributed by atoms with Crippen molar-refractivity contribution in [1.29, 1.82) is 0 Å². The summed E-state index contributed by atoms with van der Waals surface area (Å²) >= 11 is 6.27. The third-order valence-corrected chi connectivity index (χ3v) is 3.89. The van der Waals surface area contributed by atoms with Gasteiger partial charge in [0.2, 0.25) is 0 Å². The van der Waals surface area contributed by atoms with Crippen LogP contribution in [0.4, 0.5) is 0 Å². The Morgan fingerprint density at radius 2 is 1.57 bits per heavy atom. The van der Waals surface area contributed by atoms with Gasteiger partial charge in [-0.3, -0.25) is 0 Å². The van der Waals surface area contributed by atoms with Gasteiger partial charge in [-0.25, -0.2) is 14.6 Å². The molecule has 21 heavy (non-hydrogen) atoms. The second kappa shape index (κ2) is 4.81. The third kappa shape index (κ3) is 2.20. The maximum Gasteiger partial charge on any atom is 0.168 e. The summed E-state index contributed by atoms with van der Waals surface area (Å²) < 4.78 is 1.88. The van der Waals surface area contributed by atoms with Crippen LogP contribution in [0.5, 0.6) is 0 Å². The Morgan fingerprint density at radius 3 is 2.19 bits per heavy atom.